The Hall–Kier alpha value is -2.73. The maximum absolute atomic E-state index is 13.1. The first-order chi connectivity index (χ1) is 15.0. The molecular weight excluding hydrogens is 406 g/mol. The molecule has 1 unspecified atom stereocenters. The van der Waals surface area contributed by atoms with Crippen molar-refractivity contribution >= 4 is 34.3 Å². The third-order valence-corrected chi connectivity index (χ3v) is 6.58. The molecule has 3 rings (SSSR count). The molecule has 2 N–H and O–H groups in total. The molecule has 0 spiro atoms. The Labute approximate surface area is 187 Å². The summed E-state index contributed by atoms with van der Waals surface area (Å²) in [5.41, 5.74) is 10.6. The summed E-state index contributed by atoms with van der Waals surface area (Å²) >= 11 is 0. The van der Waals surface area contributed by atoms with Gasteiger partial charge in [-0.25, -0.2) is 4.99 Å². The van der Waals surface area contributed by atoms with Gasteiger partial charge in [-0.05, 0) is 48.2 Å². The number of hydrogen-bond donors (Lipinski definition) is 1. The van der Waals surface area contributed by atoms with Crippen molar-refractivity contribution in [3.05, 3.63) is 53.6 Å². The average molecular weight is 438 g/mol. The van der Waals surface area contributed by atoms with E-state index in [0.29, 0.717) is 23.6 Å². The molecule has 0 aromatic heterocycles. The zero-order valence-electron chi connectivity index (χ0n) is 18.6. The van der Waals surface area contributed by atoms with Crippen LogP contribution in [0, 0.1) is 0 Å². The lowest BCUT2D eigenvalue weighted by Crippen LogP contribution is -2.34. The van der Waals surface area contributed by atoms with Crippen LogP contribution in [0.3, 0.4) is 0 Å². The zero-order valence-corrected chi connectivity index (χ0v) is 19.4. The lowest BCUT2D eigenvalue weighted by Gasteiger charge is -2.22. The van der Waals surface area contributed by atoms with Gasteiger partial charge in [0.2, 0.25) is 5.91 Å². The highest BCUT2D eigenvalue weighted by atomic mass is 32.2. The van der Waals surface area contributed by atoms with Gasteiger partial charge in [0.25, 0.3) is 0 Å². The Bertz CT molecular complexity index is 1020. The van der Waals surface area contributed by atoms with Gasteiger partial charge in [-0.15, -0.1) is 0 Å². The average Bonchev–Trinajstić information content (AvgIpc) is 2.95. The summed E-state index contributed by atoms with van der Waals surface area (Å²) in [6.45, 7) is 7.56. The monoisotopic (exact) mass is 437 g/mol. The molecule has 5 nitrogen and oxygen atoms in total. The summed E-state index contributed by atoms with van der Waals surface area (Å²) in [6, 6.07) is 13.8. The van der Waals surface area contributed by atoms with E-state index < -0.39 is 10.8 Å². The summed E-state index contributed by atoms with van der Waals surface area (Å²) in [4.78, 5) is 20.4. The first kappa shape index (κ1) is 22.9. The van der Waals surface area contributed by atoms with E-state index in [4.69, 9.17) is 5.73 Å². The Morgan fingerprint density at radius 2 is 1.68 bits per heavy atom. The van der Waals surface area contributed by atoms with Crippen LogP contribution in [0.25, 0.3) is 17.2 Å². The van der Waals surface area contributed by atoms with Crippen LogP contribution in [0.4, 0.5) is 5.69 Å². The Morgan fingerprint density at radius 1 is 1.03 bits per heavy atom. The molecule has 1 aliphatic rings. The van der Waals surface area contributed by atoms with Crippen LogP contribution < -0.4 is 5.73 Å². The molecule has 2 aromatic carbocycles. The summed E-state index contributed by atoms with van der Waals surface area (Å²) in [5, 5.41) is 0. The fraction of sp³-hybridized carbons (Fsp3) is 0.360. The zero-order chi connectivity index (χ0) is 22.4. The highest BCUT2D eigenvalue weighted by Gasteiger charge is 2.21. The number of benzene rings is 2. The van der Waals surface area contributed by atoms with Crippen LogP contribution in [-0.4, -0.2) is 39.7 Å². The van der Waals surface area contributed by atoms with Crippen molar-refractivity contribution in [3.8, 4) is 11.1 Å². The van der Waals surface area contributed by atoms with Crippen molar-refractivity contribution in [2.45, 2.75) is 44.9 Å². The van der Waals surface area contributed by atoms with Crippen molar-refractivity contribution in [2.24, 2.45) is 10.7 Å². The largest absolute Gasteiger partial charge is 0.387 e. The third-order valence-electron chi connectivity index (χ3n) is 5.26. The van der Waals surface area contributed by atoms with Crippen LogP contribution in [0.15, 0.2) is 57.9 Å². The van der Waals surface area contributed by atoms with Gasteiger partial charge in [0.1, 0.15) is 5.84 Å². The van der Waals surface area contributed by atoms with Crippen molar-refractivity contribution in [1.29, 1.82) is 0 Å². The number of carbonyl (C=O) groups excluding carboxylic acids is 1. The van der Waals surface area contributed by atoms with E-state index in [0.717, 1.165) is 53.2 Å². The predicted octanol–water partition coefficient (Wildman–Crippen LogP) is 4.91. The van der Waals surface area contributed by atoms with Crippen LogP contribution in [-0.2, 0) is 15.6 Å². The molecule has 0 saturated heterocycles. The topological polar surface area (TPSA) is 75.8 Å². The van der Waals surface area contributed by atoms with Crippen LogP contribution in [0.1, 0.15) is 45.6 Å². The van der Waals surface area contributed by atoms with E-state index in [1.54, 1.807) is 0 Å². The number of nitrogens with zero attached hydrogens (tertiary/aromatic N) is 2. The SMILES string of the molecule is CCCN(CCC)C(=O)C1=Cc2ccc(-c3ccc(S(=O)CC)cc3)cc2N=C(N)C1. The number of hydrogen-bond acceptors (Lipinski definition) is 4. The van der Waals surface area contributed by atoms with Crippen molar-refractivity contribution in [3.63, 3.8) is 0 Å². The fourth-order valence-corrected chi connectivity index (χ4v) is 4.50. The van der Waals surface area contributed by atoms with Gasteiger partial charge < -0.3 is 10.6 Å². The number of amidine groups is 1. The van der Waals surface area contributed by atoms with Crippen molar-refractivity contribution in [2.75, 3.05) is 18.8 Å². The standard InChI is InChI=1S/C25H31N3O2S/c1-4-13-28(14-5-2)25(29)21-15-20-8-7-19(16-23(20)27-24(26)17-21)18-9-11-22(12-10-18)31(30)6-3/h7-12,15-16H,4-6,13-14,17H2,1-3H3,(H2,26,27). The van der Waals surface area contributed by atoms with E-state index in [2.05, 4.69) is 18.8 Å². The minimum Gasteiger partial charge on any atom is -0.387 e. The molecule has 1 aliphatic heterocycles. The number of rotatable bonds is 8. The molecule has 0 fully saturated rings. The first-order valence-electron chi connectivity index (χ1n) is 10.9. The van der Waals surface area contributed by atoms with E-state index in [-0.39, 0.29) is 5.91 Å². The Balaban J connectivity index is 1.93. The molecule has 0 radical (unpaired) electrons. The predicted molar refractivity (Wildman–Crippen MR) is 130 cm³/mol. The summed E-state index contributed by atoms with van der Waals surface area (Å²) in [5.74, 6) is 1.09. The second kappa shape index (κ2) is 10.5. The smallest absolute Gasteiger partial charge is 0.250 e. The molecular formula is C25H31N3O2S. The number of carbonyl (C=O) groups is 1. The number of nitrogens with two attached hydrogens (primary N) is 1. The normalized spacial score (nSPS) is 14.2. The van der Waals surface area contributed by atoms with Crippen molar-refractivity contribution < 1.29 is 9.00 Å². The van der Waals surface area contributed by atoms with Gasteiger partial charge >= 0.3 is 0 Å². The molecule has 0 saturated carbocycles. The number of aliphatic imine (C=N–C) groups is 1. The fourth-order valence-electron chi connectivity index (χ4n) is 3.73. The molecule has 0 bridgehead atoms. The highest BCUT2D eigenvalue weighted by Crippen LogP contribution is 2.32. The lowest BCUT2D eigenvalue weighted by molar-refractivity contribution is -0.127. The van der Waals surface area contributed by atoms with Gasteiger partial charge in [-0.2, -0.15) is 0 Å². The van der Waals surface area contributed by atoms with E-state index in [1.807, 2.05) is 60.4 Å². The highest BCUT2D eigenvalue weighted by molar-refractivity contribution is 7.85. The van der Waals surface area contributed by atoms with Gasteiger partial charge in [0.05, 0.1) is 16.5 Å². The van der Waals surface area contributed by atoms with Gasteiger partial charge in [0.15, 0.2) is 0 Å². The Kier molecular flexibility index (Phi) is 7.80. The maximum Gasteiger partial charge on any atom is 0.250 e. The quantitative estimate of drug-likeness (QED) is 0.638. The lowest BCUT2D eigenvalue weighted by atomic mass is 10.0. The summed E-state index contributed by atoms with van der Waals surface area (Å²) < 4.78 is 12.0. The Morgan fingerprint density at radius 3 is 2.29 bits per heavy atom. The molecule has 0 aliphatic carbocycles. The molecule has 1 amide bonds. The van der Waals surface area contributed by atoms with Crippen LogP contribution >= 0.6 is 0 Å². The second-order valence-electron chi connectivity index (χ2n) is 7.67. The number of amides is 1. The summed E-state index contributed by atoms with van der Waals surface area (Å²) in [7, 11) is -0.962. The maximum atomic E-state index is 13.1. The number of fused-ring (bicyclic) bond motifs is 1. The van der Waals surface area contributed by atoms with E-state index >= 15 is 0 Å². The van der Waals surface area contributed by atoms with E-state index in [9.17, 15) is 9.00 Å². The molecule has 164 valence electrons. The molecule has 2 aromatic rings. The minimum atomic E-state index is -0.962. The van der Waals surface area contributed by atoms with Crippen LogP contribution in [0.2, 0.25) is 0 Å². The van der Waals surface area contributed by atoms with Crippen molar-refractivity contribution in [1.82, 2.24) is 4.90 Å². The van der Waals surface area contributed by atoms with Gasteiger partial charge in [-0.3, -0.25) is 9.00 Å². The van der Waals surface area contributed by atoms with Gasteiger partial charge in [0, 0.05) is 41.3 Å². The molecule has 1 atom stereocenters. The van der Waals surface area contributed by atoms with Crippen LogP contribution in [0.5, 0.6) is 0 Å². The van der Waals surface area contributed by atoms with Gasteiger partial charge in [-0.1, -0.05) is 45.0 Å². The molecule has 31 heavy (non-hydrogen) atoms. The minimum absolute atomic E-state index is 0.0401. The molecule has 1 heterocycles. The summed E-state index contributed by atoms with van der Waals surface area (Å²) in [6.07, 6.45) is 4.13. The second-order valence-corrected chi connectivity index (χ2v) is 9.41. The first-order valence-corrected chi connectivity index (χ1v) is 12.2. The van der Waals surface area contributed by atoms with E-state index in [1.165, 1.54) is 0 Å². The molecule has 6 heteroatoms. The third kappa shape index (κ3) is 5.50.